The van der Waals surface area contributed by atoms with Crippen molar-refractivity contribution in [1.29, 1.82) is 0 Å². The summed E-state index contributed by atoms with van der Waals surface area (Å²) >= 11 is 0. The zero-order valence-electron chi connectivity index (χ0n) is 17.6. The van der Waals surface area contributed by atoms with E-state index in [1.807, 2.05) is 84.3 Å². The molecule has 1 unspecified atom stereocenters. The lowest BCUT2D eigenvalue weighted by Crippen LogP contribution is -2.27. The van der Waals surface area contributed by atoms with Crippen molar-refractivity contribution in [2.75, 3.05) is 0 Å². The van der Waals surface area contributed by atoms with E-state index in [1.165, 1.54) is 0 Å². The fraction of sp³-hybridized carbons (Fsp3) is 0.115. The van der Waals surface area contributed by atoms with Crippen molar-refractivity contribution < 1.29 is 4.79 Å². The van der Waals surface area contributed by atoms with Crippen LogP contribution < -0.4 is 10.9 Å². The summed E-state index contributed by atoms with van der Waals surface area (Å²) in [6.45, 7) is 2.28. The van der Waals surface area contributed by atoms with Crippen LogP contribution in [0.25, 0.3) is 16.7 Å². The summed E-state index contributed by atoms with van der Waals surface area (Å²) < 4.78 is 3.52. The van der Waals surface area contributed by atoms with Gasteiger partial charge in [0.1, 0.15) is 5.52 Å². The molecule has 5 rings (SSSR count). The van der Waals surface area contributed by atoms with Crippen LogP contribution in [0.4, 0.5) is 0 Å². The molecule has 6 nitrogen and oxygen atoms in total. The molecule has 2 aromatic carbocycles. The topological polar surface area (TPSA) is 68.4 Å². The number of carbonyl (C=O) groups is 1. The lowest BCUT2D eigenvalue weighted by molar-refractivity contribution is 0.0940. The van der Waals surface area contributed by atoms with Crippen molar-refractivity contribution in [1.82, 2.24) is 19.3 Å². The van der Waals surface area contributed by atoms with Gasteiger partial charge >= 0.3 is 0 Å². The molecule has 0 saturated carbocycles. The Labute approximate surface area is 184 Å². The number of pyridine rings is 1. The molecular formula is C26H22N4O2. The van der Waals surface area contributed by atoms with Crippen molar-refractivity contribution >= 4 is 22.6 Å². The van der Waals surface area contributed by atoms with E-state index in [0.29, 0.717) is 23.3 Å². The SMILES string of the molecule is CC(NC(=O)c1cccc(Cn2c(=O)c3cccn3c3cccnc32)c1)c1ccccc1. The number of hydrogen-bond acceptors (Lipinski definition) is 3. The van der Waals surface area contributed by atoms with Crippen LogP contribution >= 0.6 is 0 Å². The van der Waals surface area contributed by atoms with Crippen LogP contribution in [0.5, 0.6) is 0 Å². The fourth-order valence-electron chi connectivity index (χ4n) is 4.03. The molecule has 0 radical (unpaired) electrons. The van der Waals surface area contributed by atoms with Crippen LogP contribution in [0.1, 0.15) is 34.5 Å². The summed E-state index contributed by atoms with van der Waals surface area (Å²) in [6.07, 6.45) is 3.55. The Morgan fingerprint density at radius 2 is 1.78 bits per heavy atom. The van der Waals surface area contributed by atoms with Gasteiger partial charge in [-0.05, 0) is 54.4 Å². The molecule has 6 heteroatoms. The highest BCUT2D eigenvalue weighted by Crippen LogP contribution is 2.16. The molecule has 1 atom stereocenters. The van der Waals surface area contributed by atoms with E-state index in [4.69, 9.17) is 0 Å². The number of rotatable bonds is 5. The van der Waals surface area contributed by atoms with Crippen LogP contribution in [0.3, 0.4) is 0 Å². The van der Waals surface area contributed by atoms with Gasteiger partial charge in [-0.15, -0.1) is 0 Å². The molecule has 0 aliphatic carbocycles. The number of nitrogens with one attached hydrogen (secondary N) is 1. The smallest absolute Gasteiger partial charge is 0.276 e. The fourth-order valence-corrected chi connectivity index (χ4v) is 4.03. The first-order valence-corrected chi connectivity index (χ1v) is 10.5. The molecule has 1 N–H and O–H groups in total. The number of nitrogens with zero attached hydrogens (tertiary/aromatic N) is 3. The maximum absolute atomic E-state index is 13.2. The molecule has 0 bridgehead atoms. The molecule has 0 fully saturated rings. The van der Waals surface area contributed by atoms with Gasteiger partial charge in [0.05, 0.1) is 18.1 Å². The third-order valence-electron chi connectivity index (χ3n) is 5.67. The maximum atomic E-state index is 13.2. The Morgan fingerprint density at radius 1 is 0.969 bits per heavy atom. The summed E-state index contributed by atoms with van der Waals surface area (Å²) in [5, 5.41) is 3.04. The zero-order valence-corrected chi connectivity index (χ0v) is 17.6. The lowest BCUT2D eigenvalue weighted by atomic mass is 10.1. The minimum atomic E-state index is -0.152. The first-order valence-electron chi connectivity index (χ1n) is 10.5. The summed E-state index contributed by atoms with van der Waals surface area (Å²) in [6, 6.07) is 24.6. The maximum Gasteiger partial charge on any atom is 0.276 e. The Morgan fingerprint density at radius 3 is 2.62 bits per heavy atom. The minimum Gasteiger partial charge on any atom is -0.346 e. The van der Waals surface area contributed by atoms with Gasteiger partial charge in [0.15, 0.2) is 5.65 Å². The summed E-state index contributed by atoms with van der Waals surface area (Å²) in [4.78, 5) is 30.5. The average Bonchev–Trinajstić information content (AvgIpc) is 3.33. The summed E-state index contributed by atoms with van der Waals surface area (Å²) in [5.41, 5.74) is 4.40. The minimum absolute atomic E-state index is 0.111. The molecule has 1 amide bonds. The van der Waals surface area contributed by atoms with Gasteiger partial charge in [-0.3, -0.25) is 14.2 Å². The van der Waals surface area contributed by atoms with E-state index in [2.05, 4.69) is 10.3 Å². The highest BCUT2D eigenvalue weighted by Gasteiger charge is 2.14. The first kappa shape index (κ1) is 19.8. The van der Waals surface area contributed by atoms with Crippen LogP contribution in [0.15, 0.2) is 96.1 Å². The summed E-state index contributed by atoms with van der Waals surface area (Å²) in [5.74, 6) is -0.152. The molecule has 0 aliphatic heterocycles. The number of benzene rings is 2. The first-order chi connectivity index (χ1) is 15.6. The Hall–Kier alpha value is -4.19. The standard InChI is InChI=1S/C26H22N4O2/c1-18(20-9-3-2-4-10-20)28-25(31)21-11-5-8-19(16-21)17-30-24-22(12-6-14-27-24)29-15-7-13-23(29)26(30)32/h2-16,18H,17H2,1H3,(H,28,31). The molecular weight excluding hydrogens is 400 g/mol. The lowest BCUT2D eigenvalue weighted by Gasteiger charge is -2.15. The highest BCUT2D eigenvalue weighted by molar-refractivity contribution is 5.94. The van der Waals surface area contributed by atoms with Gasteiger partial charge in [-0.1, -0.05) is 42.5 Å². The molecule has 0 aliphatic rings. The number of carbonyl (C=O) groups excluding carboxylic acids is 1. The molecule has 158 valence electrons. The number of amides is 1. The number of aromatic nitrogens is 3. The van der Waals surface area contributed by atoms with E-state index >= 15 is 0 Å². The van der Waals surface area contributed by atoms with Gasteiger partial charge in [0, 0.05) is 18.0 Å². The number of fused-ring (bicyclic) bond motifs is 3. The van der Waals surface area contributed by atoms with E-state index in [1.54, 1.807) is 22.9 Å². The predicted octanol–water partition coefficient (Wildman–Crippen LogP) is 4.19. The largest absolute Gasteiger partial charge is 0.346 e. The van der Waals surface area contributed by atoms with Crippen molar-refractivity contribution in [3.05, 3.63) is 118 Å². The normalized spacial score (nSPS) is 12.2. The van der Waals surface area contributed by atoms with Crippen LogP contribution in [-0.2, 0) is 6.54 Å². The average molecular weight is 422 g/mol. The molecule has 0 spiro atoms. The van der Waals surface area contributed by atoms with Gasteiger partial charge < -0.3 is 9.72 Å². The molecule has 0 saturated heterocycles. The van der Waals surface area contributed by atoms with Crippen molar-refractivity contribution in [3.8, 4) is 0 Å². The summed E-state index contributed by atoms with van der Waals surface area (Å²) in [7, 11) is 0. The molecule has 3 aromatic heterocycles. The van der Waals surface area contributed by atoms with Gasteiger partial charge in [0.2, 0.25) is 0 Å². The third-order valence-corrected chi connectivity index (χ3v) is 5.67. The predicted molar refractivity (Wildman–Crippen MR) is 125 cm³/mol. The molecule has 3 heterocycles. The van der Waals surface area contributed by atoms with Gasteiger partial charge in [-0.2, -0.15) is 0 Å². The second-order valence-corrected chi connectivity index (χ2v) is 7.81. The molecule has 32 heavy (non-hydrogen) atoms. The van der Waals surface area contributed by atoms with Crippen LogP contribution in [0, 0.1) is 0 Å². The Kier molecular flexibility index (Phi) is 5.03. The van der Waals surface area contributed by atoms with E-state index in [-0.39, 0.29) is 17.5 Å². The van der Waals surface area contributed by atoms with Crippen molar-refractivity contribution in [2.45, 2.75) is 19.5 Å². The third kappa shape index (κ3) is 3.56. The van der Waals surface area contributed by atoms with E-state index in [0.717, 1.165) is 16.6 Å². The monoisotopic (exact) mass is 422 g/mol. The van der Waals surface area contributed by atoms with Crippen molar-refractivity contribution in [3.63, 3.8) is 0 Å². The van der Waals surface area contributed by atoms with E-state index in [9.17, 15) is 9.59 Å². The van der Waals surface area contributed by atoms with E-state index < -0.39 is 0 Å². The van der Waals surface area contributed by atoms with Gasteiger partial charge in [0.25, 0.3) is 11.5 Å². The molecule has 5 aromatic rings. The zero-order chi connectivity index (χ0) is 22.1. The van der Waals surface area contributed by atoms with Crippen molar-refractivity contribution in [2.24, 2.45) is 0 Å². The number of hydrogen-bond donors (Lipinski definition) is 1. The van der Waals surface area contributed by atoms with Crippen LogP contribution in [-0.4, -0.2) is 19.9 Å². The van der Waals surface area contributed by atoms with Crippen LogP contribution in [0.2, 0.25) is 0 Å². The Bertz CT molecular complexity index is 1480. The highest BCUT2D eigenvalue weighted by atomic mass is 16.1. The Balaban J connectivity index is 1.47. The second kappa shape index (κ2) is 8.15. The second-order valence-electron chi connectivity index (χ2n) is 7.81. The quantitative estimate of drug-likeness (QED) is 0.462. The van der Waals surface area contributed by atoms with Gasteiger partial charge in [-0.25, -0.2) is 4.98 Å².